The Morgan fingerprint density at radius 3 is 2.67 bits per heavy atom. The van der Waals surface area contributed by atoms with E-state index in [2.05, 4.69) is 10.2 Å². The normalized spacial score (nSPS) is 13.2. The van der Waals surface area contributed by atoms with Crippen LogP contribution in [0.1, 0.15) is 31.4 Å². The molecule has 0 spiro atoms. The van der Waals surface area contributed by atoms with Gasteiger partial charge in [-0.1, -0.05) is 37.3 Å². The number of nitrogens with zero attached hydrogens (tertiary/aromatic N) is 1. The zero-order valence-corrected chi connectivity index (χ0v) is 12.8. The monoisotopic (exact) mass is 308 g/mol. The van der Waals surface area contributed by atoms with Crippen LogP contribution in [0.25, 0.3) is 11.3 Å². The van der Waals surface area contributed by atoms with Crippen molar-refractivity contribution in [2.75, 3.05) is 11.5 Å². The number of aliphatic hydroxyl groups is 1. The van der Waals surface area contributed by atoms with Crippen molar-refractivity contribution >= 4 is 9.84 Å². The summed E-state index contributed by atoms with van der Waals surface area (Å²) in [7, 11) is -2.98. The molecule has 2 rings (SSSR count). The minimum absolute atomic E-state index is 0.110. The van der Waals surface area contributed by atoms with Gasteiger partial charge in [-0.15, -0.1) is 0 Å². The standard InChI is InChI=1S/C15H20N2O3S/c1-2-21(19,20)10-6-9-14(18)13-11-16-17-15(13)12-7-4-3-5-8-12/h3-5,7-8,11,14,18H,2,6,9-10H2,1H3,(H,16,17). The van der Waals surface area contributed by atoms with Gasteiger partial charge in [-0.3, -0.25) is 5.10 Å². The molecule has 0 amide bonds. The van der Waals surface area contributed by atoms with E-state index < -0.39 is 15.9 Å². The molecule has 1 aromatic heterocycles. The Hall–Kier alpha value is -1.66. The molecule has 1 unspecified atom stereocenters. The molecule has 0 saturated heterocycles. The third-order valence-electron chi connectivity index (χ3n) is 3.46. The maximum absolute atomic E-state index is 11.5. The van der Waals surface area contributed by atoms with Crippen LogP contribution in [0.5, 0.6) is 0 Å². The van der Waals surface area contributed by atoms with Gasteiger partial charge >= 0.3 is 0 Å². The summed E-state index contributed by atoms with van der Waals surface area (Å²) in [5.41, 5.74) is 2.43. The highest BCUT2D eigenvalue weighted by Crippen LogP contribution is 2.28. The minimum atomic E-state index is -2.98. The van der Waals surface area contributed by atoms with Crippen LogP contribution in [0.2, 0.25) is 0 Å². The average Bonchev–Trinajstić information content (AvgIpc) is 2.97. The second-order valence-corrected chi connectivity index (χ2v) is 7.43. The second-order valence-electron chi connectivity index (χ2n) is 4.96. The van der Waals surface area contributed by atoms with Gasteiger partial charge in [0.2, 0.25) is 0 Å². The predicted octanol–water partition coefficient (Wildman–Crippen LogP) is 2.33. The number of aromatic amines is 1. The van der Waals surface area contributed by atoms with Gasteiger partial charge in [-0.25, -0.2) is 8.42 Å². The van der Waals surface area contributed by atoms with Gasteiger partial charge < -0.3 is 5.11 Å². The maximum Gasteiger partial charge on any atom is 0.150 e. The number of benzene rings is 1. The van der Waals surface area contributed by atoms with E-state index in [0.717, 1.165) is 11.3 Å². The molecule has 0 radical (unpaired) electrons. The van der Waals surface area contributed by atoms with Crippen molar-refractivity contribution < 1.29 is 13.5 Å². The van der Waals surface area contributed by atoms with E-state index in [4.69, 9.17) is 0 Å². The zero-order valence-electron chi connectivity index (χ0n) is 12.0. The Morgan fingerprint density at radius 1 is 1.29 bits per heavy atom. The van der Waals surface area contributed by atoms with Crippen LogP contribution in [0.3, 0.4) is 0 Å². The Bertz CT molecular complexity index is 665. The van der Waals surface area contributed by atoms with E-state index in [1.807, 2.05) is 30.3 Å². The van der Waals surface area contributed by atoms with Crippen molar-refractivity contribution in [3.63, 3.8) is 0 Å². The minimum Gasteiger partial charge on any atom is -0.388 e. The molecule has 0 saturated carbocycles. The van der Waals surface area contributed by atoms with E-state index >= 15 is 0 Å². The van der Waals surface area contributed by atoms with Gasteiger partial charge in [0.1, 0.15) is 9.84 Å². The van der Waals surface area contributed by atoms with Crippen LogP contribution in [-0.4, -0.2) is 35.2 Å². The summed E-state index contributed by atoms with van der Waals surface area (Å²) in [6.45, 7) is 1.63. The van der Waals surface area contributed by atoms with Gasteiger partial charge in [0.25, 0.3) is 0 Å². The summed E-state index contributed by atoms with van der Waals surface area (Å²) in [5, 5.41) is 17.1. The first-order valence-electron chi connectivity index (χ1n) is 7.00. The fourth-order valence-electron chi connectivity index (χ4n) is 2.18. The summed E-state index contributed by atoms with van der Waals surface area (Å²) in [6.07, 6.45) is 1.72. The van der Waals surface area contributed by atoms with Crippen molar-refractivity contribution in [2.45, 2.75) is 25.9 Å². The molecule has 1 atom stereocenters. The highest BCUT2D eigenvalue weighted by atomic mass is 32.2. The van der Waals surface area contributed by atoms with Crippen molar-refractivity contribution in [1.82, 2.24) is 10.2 Å². The van der Waals surface area contributed by atoms with Crippen molar-refractivity contribution in [3.05, 3.63) is 42.1 Å². The van der Waals surface area contributed by atoms with E-state index in [1.54, 1.807) is 13.1 Å². The summed E-state index contributed by atoms with van der Waals surface area (Å²) in [6, 6.07) is 9.63. The van der Waals surface area contributed by atoms with Gasteiger partial charge in [0.15, 0.2) is 0 Å². The lowest BCUT2D eigenvalue weighted by Gasteiger charge is -2.11. The first kappa shape index (κ1) is 15.7. The maximum atomic E-state index is 11.5. The van der Waals surface area contributed by atoms with Gasteiger partial charge in [0, 0.05) is 11.3 Å². The zero-order chi connectivity index (χ0) is 15.3. The molecular formula is C15H20N2O3S. The van der Waals surface area contributed by atoms with Crippen molar-refractivity contribution in [1.29, 1.82) is 0 Å². The first-order chi connectivity index (χ1) is 10.0. The lowest BCUT2D eigenvalue weighted by molar-refractivity contribution is 0.167. The second kappa shape index (κ2) is 6.87. The SMILES string of the molecule is CCS(=O)(=O)CCCC(O)c1cn[nH]c1-c1ccccc1. The third kappa shape index (κ3) is 4.15. The molecule has 0 aliphatic carbocycles. The van der Waals surface area contributed by atoms with Crippen LogP contribution in [0.4, 0.5) is 0 Å². The molecule has 5 nitrogen and oxygen atoms in total. The van der Waals surface area contributed by atoms with E-state index in [1.165, 1.54) is 0 Å². The quantitative estimate of drug-likeness (QED) is 0.822. The van der Waals surface area contributed by atoms with E-state index in [9.17, 15) is 13.5 Å². The number of sulfone groups is 1. The number of hydrogen-bond acceptors (Lipinski definition) is 4. The topological polar surface area (TPSA) is 83.1 Å². The molecule has 0 aliphatic rings. The first-order valence-corrected chi connectivity index (χ1v) is 8.83. The molecule has 0 fully saturated rings. The average molecular weight is 308 g/mol. The smallest absolute Gasteiger partial charge is 0.150 e. The van der Waals surface area contributed by atoms with Crippen LogP contribution < -0.4 is 0 Å². The molecule has 2 N–H and O–H groups in total. The molecule has 0 aliphatic heterocycles. The highest BCUT2D eigenvalue weighted by Gasteiger charge is 2.17. The summed E-state index contributed by atoms with van der Waals surface area (Å²) < 4.78 is 22.9. The molecule has 2 aromatic rings. The Morgan fingerprint density at radius 2 is 2.00 bits per heavy atom. The highest BCUT2D eigenvalue weighted by molar-refractivity contribution is 7.91. The fraction of sp³-hybridized carbons (Fsp3) is 0.400. The Labute approximate surface area is 124 Å². The molecule has 6 heteroatoms. The van der Waals surface area contributed by atoms with Crippen LogP contribution in [-0.2, 0) is 9.84 Å². The molecule has 21 heavy (non-hydrogen) atoms. The van der Waals surface area contributed by atoms with Gasteiger partial charge in [-0.2, -0.15) is 5.10 Å². The number of aromatic nitrogens is 2. The number of hydrogen-bond donors (Lipinski definition) is 2. The lowest BCUT2D eigenvalue weighted by Crippen LogP contribution is -2.10. The molecule has 114 valence electrons. The van der Waals surface area contributed by atoms with E-state index in [-0.39, 0.29) is 11.5 Å². The lowest BCUT2D eigenvalue weighted by atomic mass is 10.0. The number of nitrogens with one attached hydrogen (secondary N) is 1. The summed E-state index contributed by atoms with van der Waals surface area (Å²) >= 11 is 0. The number of H-pyrrole nitrogens is 1. The summed E-state index contributed by atoms with van der Waals surface area (Å²) in [4.78, 5) is 0. The van der Waals surface area contributed by atoms with Crippen molar-refractivity contribution in [3.8, 4) is 11.3 Å². The molecular weight excluding hydrogens is 288 g/mol. The van der Waals surface area contributed by atoms with Crippen molar-refractivity contribution in [2.24, 2.45) is 0 Å². The Balaban J connectivity index is 2.04. The molecule has 1 heterocycles. The van der Waals surface area contributed by atoms with Crippen LogP contribution in [0.15, 0.2) is 36.5 Å². The fourth-order valence-corrected chi connectivity index (χ4v) is 3.08. The number of rotatable bonds is 7. The van der Waals surface area contributed by atoms with E-state index in [0.29, 0.717) is 18.4 Å². The van der Waals surface area contributed by atoms with Crippen LogP contribution >= 0.6 is 0 Å². The largest absolute Gasteiger partial charge is 0.388 e. The third-order valence-corrected chi connectivity index (χ3v) is 5.25. The molecule has 0 bridgehead atoms. The van der Waals surface area contributed by atoms with Gasteiger partial charge in [-0.05, 0) is 18.4 Å². The molecule has 1 aromatic carbocycles. The Kier molecular flexibility index (Phi) is 5.14. The van der Waals surface area contributed by atoms with Gasteiger partial charge in [0.05, 0.1) is 23.7 Å². The number of aliphatic hydroxyl groups excluding tert-OH is 1. The predicted molar refractivity (Wildman–Crippen MR) is 82.5 cm³/mol. The summed E-state index contributed by atoms with van der Waals surface area (Å²) in [5.74, 6) is 0.253. The van der Waals surface area contributed by atoms with Crippen LogP contribution in [0, 0.1) is 0 Å².